The minimum absolute atomic E-state index is 0.148. The van der Waals surface area contributed by atoms with Gasteiger partial charge in [0.2, 0.25) is 15.9 Å². The lowest BCUT2D eigenvalue weighted by molar-refractivity contribution is -0.139. The van der Waals surface area contributed by atoms with Crippen molar-refractivity contribution in [2.75, 3.05) is 13.6 Å². The molecule has 1 heterocycles. The van der Waals surface area contributed by atoms with Gasteiger partial charge in [-0.2, -0.15) is 0 Å². The van der Waals surface area contributed by atoms with Crippen molar-refractivity contribution in [2.24, 2.45) is 11.8 Å². The molecule has 0 aromatic rings. The molecule has 3 saturated carbocycles. The molecule has 1 aliphatic heterocycles. The first-order valence-corrected chi connectivity index (χ1v) is 11.9. The molecular weight excluding hydrogens is 366 g/mol. The number of hydrogen-bond donors (Lipinski definition) is 1. The number of fused-ring (bicyclic) bond motifs is 1. The Kier molecular flexibility index (Phi) is 4.78. The van der Waals surface area contributed by atoms with Gasteiger partial charge in [-0.1, -0.05) is 12.8 Å². The van der Waals surface area contributed by atoms with Crippen LogP contribution in [0.5, 0.6) is 0 Å². The molecule has 0 bridgehead atoms. The third kappa shape index (κ3) is 3.62. The van der Waals surface area contributed by atoms with E-state index in [1.54, 1.807) is 0 Å². The highest BCUT2D eigenvalue weighted by atomic mass is 32.2. The van der Waals surface area contributed by atoms with Crippen LogP contribution in [0.4, 0.5) is 4.79 Å². The molecule has 0 aromatic heterocycles. The van der Waals surface area contributed by atoms with Crippen molar-refractivity contribution in [3.05, 3.63) is 0 Å². The highest BCUT2D eigenvalue weighted by Gasteiger charge is 2.51. The third-order valence-corrected chi connectivity index (χ3v) is 9.19. The molecule has 4 aliphatic rings. The molecule has 3 aliphatic carbocycles. The number of carbonyl (C=O) groups is 2. The van der Waals surface area contributed by atoms with Gasteiger partial charge in [-0.3, -0.25) is 9.69 Å². The zero-order valence-corrected chi connectivity index (χ0v) is 17.1. The summed E-state index contributed by atoms with van der Waals surface area (Å²) in [6.45, 7) is 2.63. The summed E-state index contributed by atoms with van der Waals surface area (Å²) in [6.07, 6.45) is 7.85. The molecule has 3 amide bonds. The van der Waals surface area contributed by atoms with Crippen LogP contribution in [0.3, 0.4) is 0 Å². The number of carbonyl (C=O) groups excluding carboxylic acids is 2. The normalized spacial score (nSPS) is 34.1. The van der Waals surface area contributed by atoms with E-state index in [1.165, 1.54) is 24.8 Å². The standard InChI is InChI=1S/C19H31N3O4S/c1-19(9-10-19)20-27(25,26)14-7-8-16-15(11-14)17(23)21(2)18(24)22(16)12-13-5-3-4-6-13/h13-16,20H,3-12H2,1-2H3. The second-order valence-electron chi connectivity index (χ2n) is 9.30. The number of hydrogen-bond acceptors (Lipinski definition) is 4. The summed E-state index contributed by atoms with van der Waals surface area (Å²) in [4.78, 5) is 28.6. The maximum absolute atomic E-state index is 12.8. The van der Waals surface area contributed by atoms with Gasteiger partial charge in [-0.25, -0.2) is 17.9 Å². The quantitative estimate of drug-likeness (QED) is 0.769. The number of nitrogens with zero attached hydrogens (tertiary/aromatic N) is 2. The van der Waals surface area contributed by atoms with E-state index < -0.39 is 21.2 Å². The molecule has 0 radical (unpaired) electrons. The largest absolute Gasteiger partial charge is 0.326 e. The van der Waals surface area contributed by atoms with Gasteiger partial charge in [0.25, 0.3) is 0 Å². The van der Waals surface area contributed by atoms with E-state index >= 15 is 0 Å². The zero-order chi connectivity index (χ0) is 19.4. The van der Waals surface area contributed by atoms with Crippen molar-refractivity contribution in [3.63, 3.8) is 0 Å². The van der Waals surface area contributed by atoms with E-state index in [4.69, 9.17) is 0 Å². The lowest BCUT2D eigenvalue weighted by Gasteiger charge is -2.48. The van der Waals surface area contributed by atoms with E-state index in [-0.39, 0.29) is 23.5 Å². The lowest BCUT2D eigenvalue weighted by Crippen LogP contribution is -2.63. The van der Waals surface area contributed by atoms with Gasteiger partial charge in [0.15, 0.2) is 0 Å². The second kappa shape index (κ2) is 6.72. The first kappa shape index (κ1) is 19.2. The van der Waals surface area contributed by atoms with E-state index in [0.29, 0.717) is 31.7 Å². The van der Waals surface area contributed by atoms with Gasteiger partial charge in [0, 0.05) is 25.2 Å². The number of amides is 3. The predicted molar refractivity (Wildman–Crippen MR) is 101 cm³/mol. The van der Waals surface area contributed by atoms with E-state index in [0.717, 1.165) is 25.7 Å². The summed E-state index contributed by atoms with van der Waals surface area (Å²) in [6, 6.07) is -0.358. The maximum atomic E-state index is 12.8. The fourth-order valence-electron chi connectivity index (χ4n) is 5.11. The van der Waals surface area contributed by atoms with E-state index in [1.807, 2.05) is 11.8 Å². The van der Waals surface area contributed by atoms with Gasteiger partial charge >= 0.3 is 6.03 Å². The fraction of sp³-hybridized carbons (Fsp3) is 0.895. The van der Waals surface area contributed by atoms with Crippen LogP contribution < -0.4 is 4.72 Å². The van der Waals surface area contributed by atoms with Crippen LogP contribution in [0.2, 0.25) is 0 Å². The minimum Gasteiger partial charge on any atom is -0.320 e. The Morgan fingerprint density at radius 2 is 1.78 bits per heavy atom. The van der Waals surface area contributed by atoms with Crippen LogP contribution in [-0.4, -0.2) is 60.6 Å². The smallest absolute Gasteiger partial charge is 0.320 e. The van der Waals surface area contributed by atoms with Crippen LogP contribution in [0.1, 0.15) is 64.7 Å². The summed E-state index contributed by atoms with van der Waals surface area (Å²) in [7, 11) is -1.92. The molecule has 0 spiro atoms. The van der Waals surface area contributed by atoms with Gasteiger partial charge < -0.3 is 4.90 Å². The molecule has 4 fully saturated rings. The van der Waals surface area contributed by atoms with Gasteiger partial charge in [0.1, 0.15) is 0 Å². The Morgan fingerprint density at radius 3 is 2.41 bits per heavy atom. The summed E-state index contributed by atoms with van der Waals surface area (Å²) < 4.78 is 28.5. The van der Waals surface area contributed by atoms with Crippen molar-refractivity contribution in [2.45, 2.75) is 81.5 Å². The van der Waals surface area contributed by atoms with Gasteiger partial charge in [0.05, 0.1) is 11.2 Å². The van der Waals surface area contributed by atoms with Crippen LogP contribution in [0.25, 0.3) is 0 Å². The van der Waals surface area contributed by atoms with Crippen LogP contribution in [-0.2, 0) is 14.8 Å². The average molecular weight is 398 g/mol. The van der Waals surface area contributed by atoms with Crippen LogP contribution >= 0.6 is 0 Å². The molecule has 4 rings (SSSR count). The number of imide groups is 1. The molecule has 3 atom stereocenters. The molecule has 0 aromatic carbocycles. The number of sulfonamides is 1. The molecule has 27 heavy (non-hydrogen) atoms. The molecular formula is C19H31N3O4S. The van der Waals surface area contributed by atoms with E-state index in [9.17, 15) is 18.0 Å². The van der Waals surface area contributed by atoms with Gasteiger partial charge in [-0.05, 0) is 57.8 Å². The molecule has 152 valence electrons. The predicted octanol–water partition coefficient (Wildman–Crippen LogP) is 2.08. The summed E-state index contributed by atoms with van der Waals surface area (Å²) in [5, 5.41) is -0.546. The fourth-order valence-corrected chi connectivity index (χ4v) is 7.08. The first-order chi connectivity index (χ1) is 12.7. The highest BCUT2D eigenvalue weighted by molar-refractivity contribution is 7.90. The molecule has 1 saturated heterocycles. The first-order valence-electron chi connectivity index (χ1n) is 10.3. The van der Waals surface area contributed by atoms with Crippen molar-refractivity contribution in [1.29, 1.82) is 0 Å². The zero-order valence-electron chi connectivity index (χ0n) is 16.3. The molecule has 1 N–H and O–H groups in total. The highest BCUT2D eigenvalue weighted by Crippen LogP contribution is 2.40. The van der Waals surface area contributed by atoms with Gasteiger partial charge in [-0.15, -0.1) is 0 Å². The Balaban J connectivity index is 1.51. The van der Waals surface area contributed by atoms with Crippen molar-refractivity contribution in [1.82, 2.24) is 14.5 Å². The molecule has 7 nitrogen and oxygen atoms in total. The Morgan fingerprint density at radius 1 is 1.11 bits per heavy atom. The molecule has 3 unspecified atom stereocenters. The van der Waals surface area contributed by atoms with Crippen molar-refractivity contribution >= 4 is 22.0 Å². The SMILES string of the molecule is CN1C(=O)C2CC(S(=O)(=O)NC3(C)CC3)CCC2N(CC2CCCC2)C1=O. The number of rotatable bonds is 5. The average Bonchev–Trinajstić information content (AvgIpc) is 3.12. The summed E-state index contributed by atoms with van der Waals surface area (Å²) in [5.41, 5.74) is -0.298. The Bertz CT molecular complexity index is 727. The van der Waals surface area contributed by atoms with Crippen molar-refractivity contribution in [3.8, 4) is 0 Å². The lowest BCUT2D eigenvalue weighted by atomic mass is 9.80. The number of nitrogens with one attached hydrogen (secondary N) is 1. The summed E-state index contributed by atoms with van der Waals surface area (Å²) in [5.74, 6) is -0.115. The van der Waals surface area contributed by atoms with Crippen molar-refractivity contribution < 1.29 is 18.0 Å². The topological polar surface area (TPSA) is 86.8 Å². The Hall–Kier alpha value is -1.15. The van der Waals surface area contributed by atoms with Crippen LogP contribution in [0, 0.1) is 11.8 Å². The monoisotopic (exact) mass is 397 g/mol. The minimum atomic E-state index is -3.45. The summed E-state index contributed by atoms with van der Waals surface area (Å²) >= 11 is 0. The van der Waals surface area contributed by atoms with E-state index in [2.05, 4.69) is 4.72 Å². The maximum Gasteiger partial charge on any atom is 0.326 e. The number of urea groups is 1. The second-order valence-corrected chi connectivity index (χ2v) is 11.3. The van der Waals surface area contributed by atoms with Crippen LogP contribution in [0.15, 0.2) is 0 Å². The third-order valence-electron chi connectivity index (χ3n) is 7.10. The molecule has 8 heteroatoms. The Labute approximate surface area is 161 Å².